The summed E-state index contributed by atoms with van der Waals surface area (Å²) < 4.78 is 0. The number of nitrogens with two attached hydrogens (primary N) is 1. The molecule has 21 heavy (non-hydrogen) atoms. The number of nitro benzene ring substituents is 1. The van der Waals surface area contributed by atoms with Crippen molar-refractivity contribution in [3.05, 3.63) is 44.4 Å². The Labute approximate surface area is 125 Å². The Hall–Kier alpha value is -2.48. The van der Waals surface area contributed by atoms with E-state index in [9.17, 15) is 14.9 Å². The van der Waals surface area contributed by atoms with Gasteiger partial charge in [0, 0.05) is 17.3 Å². The second kappa shape index (κ2) is 5.88. The van der Waals surface area contributed by atoms with Crippen molar-refractivity contribution in [2.24, 2.45) is 0 Å². The highest BCUT2D eigenvalue weighted by Gasteiger charge is 2.17. The number of rotatable bonds is 4. The van der Waals surface area contributed by atoms with E-state index in [2.05, 4.69) is 10.3 Å². The molecule has 0 aliphatic rings. The topological polar surface area (TPSA) is 111 Å². The summed E-state index contributed by atoms with van der Waals surface area (Å²) in [5.74, 6) is -0.375. The lowest BCUT2D eigenvalue weighted by Crippen LogP contribution is -2.12. The monoisotopic (exact) mass is 306 g/mol. The van der Waals surface area contributed by atoms with Crippen LogP contribution in [-0.2, 0) is 6.42 Å². The number of carbonyl (C=O) groups is 1. The molecule has 0 aliphatic carbocycles. The van der Waals surface area contributed by atoms with Gasteiger partial charge in [-0.15, -0.1) is 0 Å². The molecule has 1 aromatic carbocycles. The smallest absolute Gasteiger partial charge is 0.274 e. The summed E-state index contributed by atoms with van der Waals surface area (Å²) in [5.41, 5.74) is 7.08. The van der Waals surface area contributed by atoms with Gasteiger partial charge >= 0.3 is 0 Å². The second-order valence-corrected chi connectivity index (χ2v) is 5.41. The molecule has 2 rings (SSSR count). The maximum atomic E-state index is 12.1. The van der Waals surface area contributed by atoms with Crippen LogP contribution in [0.25, 0.3) is 0 Å². The highest BCUT2D eigenvalue weighted by atomic mass is 32.1. The van der Waals surface area contributed by atoms with E-state index >= 15 is 0 Å². The Morgan fingerprint density at radius 1 is 1.52 bits per heavy atom. The van der Waals surface area contributed by atoms with Crippen LogP contribution >= 0.6 is 11.3 Å². The van der Waals surface area contributed by atoms with Gasteiger partial charge in [0.1, 0.15) is 4.88 Å². The van der Waals surface area contributed by atoms with Crippen molar-refractivity contribution in [3.8, 4) is 0 Å². The molecule has 8 heteroatoms. The van der Waals surface area contributed by atoms with Crippen molar-refractivity contribution in [2.45, 2.75) is 20.3 Å². The number of amides is 1. The number of thiazole rings is 1. The highest BCUT2D eigenvalue weighted by Crippen LogP contribution is 2.25. The lowest BCUT2D eigenvalue weighted by molar-refractivity contribution is -0.385. The van der Waals surface area contributed by atoms with Crippen LogP contribution in [0.15, 0.2) is 18.2 Å². The molecule has 0 radical (unpaired) electrons. The first-order valence-corrected chi connectivity index (χ1v) is 7.05. The minimum absolute atomic E-state index is 0.00385. The number of nitrogens with one attached hydrogen (secondary N) is 1. The molecule has 3 N–H and O–H groups in total. The summed E-state index contributed by atoms with van der Waals surface area (Å²) in [6.45, 7) is 3.52. The van der Waals surface area contributed by atoms with Gasteiger partial charge in [-0.2, -0.15) is 0 Å². The van der Waals surface area contributed by atoms with Gasteiger partial charge in [-0.3, -0.25) is 14.9 Å². The van der Waals surface area contributed by atoms with Crippen molar-refractivity contribution < 1.29 is 9.72 Å². The third-order valence-corrected chi connectivity index (χ3v) is 3.93. The molecule has 0 unspecified atom stereocenters. The summed E-state index contributed by atoms with van der Waals surface area (Å²) in [7, 11) is 0. The SMILES string of the molecule is CCc1ccc(NC(=O)c2sc(N)nc2C)cc1[N+](=O)[O-]. The van der Waals surface area contributed by atoms with Crippen molar-refractivity contribution in [1.82, 2.24) is 4.98 Å². The predicted octanol–water partition coefficient (Wildman–Crippen LogP) is 2.76. The van der Waals surface area contributed by atoms with Gasteiger partial charge in [0.05, 0.1) is 10.6 Å². The number of nitrogens with zero attached hydrogens (tertiary/aromatic N) is 2. The molecule has 0 saturated carbocycles. The van der Waals surface area contributed by atoms with Crippen LogP contribution in [0.5, 0.6) is 0 Å². The van der Waals surface area contributed by atoms with E-state index < -0.39 is 4.92 Å². The van der Waals surface area contributed by atoms with Crippen LogP contribution < -0.4 is 11.1 Å². The molecule has 0 aliphatic heterocycles. The highest BCUT2D eigenvalue weighted by molar-refractivity contribution is 7.17. The van der Waals surface area contributed by atoms with Crippen LogP contribution in [0.4, 0.5) is 16.5 Å². The van der Waals surface area contributed by atoms with Crippen molar-refractivity contribution in [1.29, 1.82) is 0 Å². The molecule has 0 bridgehead atoms. The zero-order valence-corrected chi connectivity index (χ0v) is 12.4. The zero-order valence-electron chi connectivity index (χ0n) is 11.5. The Morgan fingerprint density at radius 2 is 2.24 bits per heavy atom. The minimum atomic E-state index is -0.454. The van der Waals surface area contributed by atoms with Gasteiger partial charge in [-0.25, -0.2) is 4.98 Å². The van der Waals surface area contributed by atoms with E-state index in [1.807, 2.05) is 6.92 Å². The van der Waals surface area contributed by atoms with Crippen LogP contribution in [0.1, 0.15) is 27.9 Å². The normalized spacial score (nSPS) is 10.4. The lowest BCUT2D eigenvalue weighted by atomic mass is 10.1. The van der Waals surface area contributed by atoms with E-state index in [0.717, 1.165) is 11.3 Å². The molecule has 0 fully saturated rings. The van der Waals surface area contributed by atoms with Crippen molar-refractivity contribution in [2.75, 3.05) is 11.1 Å². The van der Waals surface area contributed by atoms with Gasteiger partial charge in [-0.1, -0.05) is 24.3 Å². The maximum absolute atomic E-state index is 12.1. The molecule has 0 atom stereocenters. The molecule has 110 valence electrons. The largest absolute Gasteiger partial charge is 0.375 e. The van der Waals surface area contributed by atoms with Crippen molar-refractivity contribution >= 4 is 33.8 Å². The third kappa shape index (κ3) is 3.16. The summed E-state index contributed by atoms with van der Waals surface area (Å²) in [4.78, 5) is 27.1. The molecule has 0 spiro atoms. The number of hydrogen-bond donors (Lipinski definition) is 2. The molecule has 0 saturated heterocycles. The van der Waals surface area contributed by atoms with Gasteiger partial charge in [0.25, 0.3) is 11.6 Å². The minimum Gasteiger partial charge on any atom is -0.375 e. The summed E-state index contributed by atoms with van der Waals surface area (Å²) >= 11 is 1.08. The fraction of sp³-hybridized carbons (Fsp3) is 0.231. The number of anilines is 2. The Bertz CT molecular complexity index is 711. The number of hydrogen-bond acceptors (Lipinski definition) is 6. The number of nitro groups is 1. The fourth-order valence-corrected chi connectivity index (χ4v) is 2.66. The average molecular weight is 306 g/mol. The van der Waals surface area contributed by atoms with Crippen LogP contribution in [-0.4, -0.2) is 15.8 Å². The van der Waals surface area contributed by atoms with Gasteiger partial charge in [0.2, 0.25) is 0 Å². The first kappa shape index (κ1) is 14.9. The second-order valence-electron chi connectivity index (χ2n) is 4.37. The van der Waals surface area contributed by atoms with Gasteiger partial charge in [0.15, 0.2) is 5.13 Å². The van der Waals surface area contributed by atoms with E-state index in [1.165, 1.54) is 6.07 Å². The standard InChI is InChI=1S/C13H14N4O3S/c1-3-8-4-5-9(6-10(8)17(19)20)16-12(18)11-7(2)15-13(14)21-11/h4-6H,3H2,1-2H3,(H2,14,15)(H,16,18). The molecular weight excluding hydrogens is 292 g/mol. The van der Waals surface area contributed by atoms with Crippen molar-refractivity contribution in [3.63, 3.8) is 0 Å². The van der Waals surface area contributed by atoms with E-state index in [0.29, 0.717) is 33.4 Å². The number of aromatic nitrogens is 1. The van der Waals surface area contributed by atoms with Crippen LogP contribution in [0.2, 0.25) is 0 Å². The lowest BCUT2D eigenvalue weighted by Gasteiger charge is -2.06. The summed E-state index contributed by atoms with van der Waals surface area (Å²) in [6.07, 6.45) is 0.551. The van der Waals surface area contributed by atoms with Gasteiger partial charge < -0.3 is 11.1 Å². The quantitative estimate of drug-likeness (QED) is 0.666. The number of nitrogen functional groups attached to an aromatic ring is 1. The van der Waals surface area contributed by atoms with Gasteiger partial charge in [-0.05, 0) is 19.4 Å². The maximum Gasteiger partial charge on any atom is 0.274 e. The first-order valence-electron chi connectivity index (χ1n) is 6.24. The molecular formula is C13H14N4O3S. The van der Waals surface area contributed by atoms with E-state index in [4.69, 9.17) is 5.73 Å². The third-order valence-electron chi connectivity index (χ3n) is 2.94. The van der Waals surface area contributed by atoms with E-state index in [1.54, 1.807) is 19.1 Å². The van der Waals surface area contributed by atoms with E-state index in [-0.39, 0.29) is 11.6 Å². The molecule has 1 heterocycles. The Kier molecular flexibility index (Phi) is 4.18. The molecule has 7 nitrogen and oxygen atoms in total. The summed E-state index contributed by atoms with van der Waals surface area (Å²) in [6, 6.07) is 4.64. The number of benzene rings is 1. The number of aryl methyl sites for hydroxylation is 2. The Balaban J connectivity index is 2.27. The zero-order chi connectivity index (χ0) is 15.6. The number of carbonyl (C=O) groups excluding carboxylic acids is 1. The van der Waals surface area contributed by atoms with Crippen LogP contribution in [0.3, 0.4) is 0 Å². The average Bonchev–Trinajstić information content (AvgIpc) is 2.77. The molecule has 1 aromatic heterocycles. The Morgan fingerprint density at radius 3 is 2.76 bits per heavy atom. The molecule has 2 aromatic rings. The first-order chi connectivity index (χ1) is 9.92. The van der Waals surface area contributed by atoms with Crippen LogP contribution in [0, 0.1) is 17.0 Å². The fourth-order valence-electron chi connectivity index (χ4n) is 1.93. The predicted molar refractivity (Wildman–Crippen MR) is 81.7 cm³/mol. The molecule has 1 amide bonds. The summed E-state index contributed by atoms with van der Waals surface area (Å²) in [5, 5.41) is 14.0.